The van der Waals surface area contributed by atoms with Crippen molar-refractivity contribution in [2.75, 3.05) is 19.6 Å². The highest BCUT2D eigenvalue weighted by Crippen LogP contribution is 2.31. The third-order valence-electron chi connectivity index (χ3n) is 4.60. The van der Waals surface area contributed by atoms with E-state index in [2.05, 4.69) is 37.2 Å². The van der Waals surface area contributed by atoms with Crippen molar-refractivity contribution in [1.82, 2.24) is 9.62 Å². The van der Waals surface area contributed by atoms with Gasteiger partial charge >= 0.3 is 0 Å². The molecule has 2 fully saturated rings. The van der Waals surface area contributed by atoms with Gasteiger partial charge in [0.25, 0.3) is 0 Å². The van der Waals surface area contributed by atoms with Crippen LogP contribution in [-0.2, 0) is 14.8 Å². The molecule has 132 valence electrons. The van der Waals surface area contributed by atoms with Gasteiger partial charge in [-0.1, -0.05) is 15.9 Å². The molecular formula is C16H20Br2N2O3S. The Labute approximate surface area is 159 Å². The van der Waals surface area contributed by atoms with E-state index in [0.717, 1.165) is 11.0 Å². The molecule has 1 aliphatic carbocycles. The molecule has 0 spiro atoms. The lowest BCUT2D eigenvalue weighted by atomic mass is 9.97. The molecule has 8 heteroatoms. The normalized spacial score (nSPS) is 20.1. The van der Waals surface area contributed by atoms with Gasteiger partial charge in [0.1, 0.15) is 0 Å². The standard InChI is InChI=1S/C16H20Br2N2O3S/c17-13-3-4-14(18)15(9-13)24(22,23)20-7-5-12(6-8-20)16(21)19-10-11-1-2-11/h3-4,9,11-12H,1-2,5-8,10H2,(H,19,21). The summed E-state index contributed by atoms with van der Waals surface area (Å²) in [4.78, 5) is 12.4. The molecule has 0 aromatic heterocycles. The van der Waals surface area contributed by atoms with Crippen LogP contribution in [0.2, 0.25) is 0 Å². The van der Waals surface area contributed by atoms with Crippen molar-refractivity contribution >= 4 is 47.8 Å². The van der Waals surface area contributed by atoms with Gasteiger partial charge in [-0.2, -0.15) is 4.31 Å². The number of piperidine rings is 1. The highest BCUT2D eigenvalue weighted by atomic mass is 79.9. The Bertz CT molecular complexity index is 727. The summed E-state index contributed by atoms with van der Waals surface area (Å²) in [6.45, 7) is 1.52. The molecule has 1 aromatic carbocycles. The molecule has 0 atom stereocenters. The van der Waals surface area contributed by atoms with Crippen molar-refractivity contribution in [3.8, 4) is 0 Å². The molecule has 5 nitrogen and oxygen atoms in total. The van der Waals surface area contributed by atoms with E-state index < -0.39 is 10.0 Å². The van der Waals surface area contributed by atoms with Crippen molar-refractivity contribution in [2.45, 2.75) is 30.6 Å². The van der Waals surface area contributed by atoms with Crippen molar-refractivity contribution in [3.63, 3.8) is 0 Å². The Hall–Kier alpha value is -0.440. The van der Waals surface area contributed by atoms with Gasteiger partial charge in [0.05, 0.1) is 4.90 Å². The number of nitrogens with one attached hydrogen (secondary N) is 1. The minimum Gasteiger partial charge on any atom is -0.356 e. The quantitative estimate of drug-likeness (QED) is 0.705. The van der Waals surface area contributed by atoms with E-state index in [4.69, 9.17) is 0 Å². The average Bonchev–Trinajstić information content (AvgIpc) is 3.39. The maximum absolute atomic E-state index is 12.8. The van der Waals surface area contributed by atoms with E-state index in [1.54, 1.807) is 18.2 Å². The lowest BCUT2D eigenvalue weighted by molar-refractivity contribution is -0.126. The van der Waals surface area contributed by atoms with Crippen LogP contribution < -0.4 is 5.32 Å². The molecule has 2 aliphatic rings. The third kappa shape index (κ3) is 4.20. The summed E-state index contributed by atoms with van der Waals surface area (Å²) in [5.41, 5.74) is 0. The lowest BCUT2D eigenvalue weighted by Gasteiger charge is -2.30. The van der Waals surface area contributed by atoms with Crippen LogP contribution in [0.5, 0.6) is 0 Å². The molecular weight excluding hydrogens is 460 g/mol. The number of nitrogens with zero attached hydrogens (tertiary/aromatic N) is 1. The second-order valence-electron chi connectivity index (χ2n) is 6.44. The first-order chi connectivity index (χ1) is 11.4. The van der Waals surface area contributed by atoms with Gasteiger partial charge in [-0.15, -0.1) is 0 Å². The predicted molar refractivity (Wildman–Crippen MR) is 99.1 cm³/mol. The third-order valence-corrected chi connectivity index (χ3v) is 7.98. The molecule has 1 amide bonds. The maximum Gasteiger partial charge on any atom is 0.244 e. The first-order valence-corrected chi connectivity index (χ1v) is 11.1. The summed E-state index contributed by atoms with van der Waals surface area (Å²) in [7, 11) is -3.56. The Morgan fingerprint density at radius 1 is 1.17 bits per heavy atom. The number of hydrogen-bond donors (Lipinski definition) is 1. The van der Waals surface area contributed by atoms with Crippen molar-refractivity contribution < 1.29 is 13.2 Å². The Kier molecular flexibility index (Phi) is 5.68. The number of carbonyl (C=O) groups is 1. The van der Waals surface area contributed by atoms with Crippen LogP contribution in [0.1, 0.15) is 25.7 Å². The Morgan fingerprint density at radius 2 is 1.83 bits per heavy atom. The molecule has 1 N–H and O–H groups in total. The minimum absolute atomic E-state index is 0.0718. The summed E-state index contributed by atoms with van der Waals surface area (Å²) < 4.78 is 28.4. The summed E-state index contributed by atoms with van der Waals surface area (Å²) in [5, 5.41) is 3.00. The van der Waals surface area contributed by atoms with Crippen molar-refractivity contribution in [3.05, 3.63) is 27.1 Å². The van der Waals surface area contributed by atoms with E-state index in [-0.39, 0.29) is 16.7 Å². The van der Waals surface area contributed by atoms with Crippen LogP contribution in [0.4, 0.5) is 0 Å². The van der Waals surface area contributed by atoms with Crippen molar-refractivity contribution in [1.29, 1.82) is 0 Å². The van der Waals surface area contributed by atoms with Crippen LogP contribution in [0, 0.1) is 11.8 Å². The van der Waals surface area contributed by atoms with Gasteiger partial charge in [0, 0.05) is 34.5 Å². The van der Waals surface area contributed by atoms with Gasteiger partial charge in [-0.3, -0.25) is 4.79 Å². The average molecular weight is 480 g/mol. The van der Waals surface area contributed by atoms with Crippen LogP contribution in [0.15, 0.2) is 32.0 Å². The number of amides is 1. The summed E-state index contributed by atoms with van der Waals surface area (Å²) in [6, 6.07) is 5.11. The summed E-state index contributed by atoms with van der Waals surface area (Å²) >= 11 is 6.64. The zero-order valence-corrected chi connectivity index (χ0v) is 17.2. The molecule has 1 aromatic rings. The number of carbonyl (C=O) groups excluding carboxylic acids is 1. The largest absolute Gasteiger partial charge is 0.356 e. The second-order valence-corrected chi connectivity index (χ2v) is 10.1. The Morgan fingerprint density at radius 3 is 2.46 bits per heavy atom. The monoisotopic (exact) mass is 478 g/mol. The molecule has 0 radical (unpaired) electrons. The van der Waals surface area contributed by atoms with E-state index in [0.29, 0.717) is 36.3 Å². The maximum atomic E-state index is 12.8. The van der Waals surface area contributed by atoms with Gasteiger partial charge in [-0.05, 0) is 65.7 Å². The van der Waals surface area contributed by atoms with E-state index >= 15 is 0 Å². The molecule has 1 saturated heterocycles. The lowest BCUT2D eigenvalue weighted by Crippen LogP contribution is -2.43. The van der Waals surface area contributed by atoms with Gasteiger partial charge in [0.2, 0.25) is 15.9 Å². The van der Waals surface area contributed by atoms with Gasteiger partial charge in [0.15, 0.2) is 0 Å². The minimum atomic E-state index is -3.56. The Balaban J connectivity index is 1.62. The highest BCUT2D eigenvalue weighted by Gasteiger charge is 2.33. The summed E-state index contributed by atoms with van der Waals surface area (Å²) in [6.07, 6.45) is 3.56. The fourth-order valence-electron chi connectivity index (χ4n) is 2.88. The zero-order chi connectivity index (χ0) is 17.3. The molecule has 0 unspecified atom stereocenters. The SMILES string of the molecule is O=C(NCC1CC1)C1CCN(S(=O)(=O)c2cc(Br)ccc2Br)CC1. The molecule has 1 heterocycles. The zero-order valence-electron chi connectivity index (χ0n) is 13.2. The molecule has 3 rings (SSSR count). The first-order valence-electron chi connectivity index (χ1n) is 8.11. The van der Waals surface area contributed by atoms with E-state index in [1.807, 2.05) is 0 Å². The van der Waals surface area contributed by atoms with E-state index in [9.17, 15) is 13.2 Å². The summed E-state index contributed by atoms with van der Waals surface area (Å²) in [5.74, 6) is 0.645. The van der Waals surface area contributed by atoms with Crippen LogP contribution in [0.3, 0.4) is 0 Å². The predicted octanol–water partition coefficient (Wildman–Crippen LogP) is 3.14. The highest BCUT2D eigenvalue weighted by molar-refractivity contribution is 9.11. The second kappa shape index (κ2) is 7.43. The molecule has 1 aliphatic heterocycles. The topological polar surface area (TPSA) is 66.5 Å². The number of sulfonamides is 1. The van der Waals surface area contributed by atoms with Gasteiger partial charge < -0.3 is 5.32 Å². The van der Waals surface area contributed by atoms with Crippen LogP contribution in [0.25, 0.3) is 0 Å². The van der Waals surface area contributed by atoms with E-state index in [1.165, 1.54) is 17.1 Å². The van der Waals surface area contributed by atoms with Crippen molar-refractivity contribution in [2.24, 2.45) is 11.8 Å². The number of benzene rings is 1. The number of hydrogen-bond acceptors (Lipinski definition) is 3. The molecule has 0 bridgehead atoms. The fourth-order valence-corrected chi connectivity index (χ4v) is 5.82. The molecule has 1 saturated carbocycles. The van der Waals surface area contributed by atoms with Crippen LogP contribution >= 0.6 is 31.9 Å². The van der Waals surface area contributed by atoms with Gasteiger partial charge in [-0.25, -0.2) is 8.42 Å². The first kappa shape index (κ1) is 18.4. The van der Waals surface area contributed by atoms with Crippen LogP contribution in [-0.4, -0.2) is 38.3 Å². The molecule has 24 heavy (non-hydrogen) atoms. The fraction of sp³-hybridized carbons (Fsp3) is 0.562. The number of rotatable bonds is 5. The number of halogens is 2. The smallest absolute Gasteiger partial charge is 0.244 e.